The van der Waals surface area contributed by atoms with E-state index in [0.717, 1.165) is 0 Å². The second kappa shape index (κ2) is 11.1. The molecule has 154 valence electrons. The Morgan fingerprint density at radius 1 is 0.931 bits per heavy atom. The van der Waals surface area contributed by atoms with E-state index in [1.165, 1.54) is 48.7 Å². The van der Waals surface area contributed by atoms with Crippen molar-refractivity contribution in [3.8, 4) is 0 Å². The smallest absolute Gasteiger partial charge is 0.207 e. The van der Waals surface area contributed by atoms with E-state index < -0.39 is 10.0 Å². The number of halogens is 2. The molecule has 3 rings (SSSR count). The first-order valence-corrected chi connectivity index (χ1v) is 11.2. The Hall–Kier alpha value is -2.21. The van der Waals surface area contributed by atoms with Gasteiger partial charge in [-0.2, -0.15) is 0 Å². The van der Waals surface area contributed by atoms with E-state index in [0.29, 0.717) is 16.1 Å². The Morgan fingerprint density at radius 3 is 2.17 bits per heavy atom. The van der Waals surface area contributed by atoms with Crippen LogP contribution in [0.25, 0.3) is 0 Å². The summed E-state index contributed by atoms with van der Waals surface area (Å²) in [5.41, 5.74) is 2.53. The van der Waals surface area contributed by atoms with Gasteiger partial charge < -0.3 is 0 Å². The van der Waals surface area contributed by atoms with Gasteiger partial charge in [-0.3, -0.25) is 0 Å². The van der Waals surface area contributed by atoms with Crippen LogP contribution >= 0.6 is 11.6 Å². The van der Waals surface area contributed by atoms with E-state index in [2.05, 4.69) is 42.0 Å². The van der Waals surface area contributed by atoms with Gasteiger partial charge in [-0.1, -0.05) is 67.4 Å². The van der Waals surface area contributed by atoms with E-state index in [1.54, 1.807) is 19.1 Å². The summed E-state index contributed by atoms with van der Waals surface area (Å²) in [4.78, 5) is 0.120. The van der Waals surface area contributed by atoms with Crippen LogP contribution in [0.1, 0.15) is 30.0 Å². The van der Waals surface area contributed by atoms with Crippen molar-refractivity contribution in [2.75, 3.05) is 0 Å². The largest absolute Gasteiger partial charge is 0.240 e. The highest BCUT2D eigenvalue weighted by molar-refractivity contribution is 7.89. The van der Waals surface area contributed by atoms with Gasteiger partial charge in [-0.25, -0.2) is 17.5 Å². The van der Waals surface area contributed by atoms with Gasteiger partial charge in [0.25, 0.3) is 0 Å². The van der Waals surface area contributed by atoms with Crippen molar-refractivity contribution >= 4 is 21.6 Å². The molecule has 6 heteroatoms. The van der Waals surface area contributed by atoms with E-state index in [-0.39, 0.29) is 17.3 Å². The van der Waals surface area contributed by atoms with Gasteiger partial charge in [-0.05, 0) is 60.4 Å². The number of nitrogens with one attached hydrogen (secondary N) is 1. The van der Waals surface area contributed by atoms with Gasteiger partial charge in [0.2, 0.25) is 10.0 Å². The normalized spacial score (nSPS) is 10.9. The van der Waals surface area contributed by atoms with Crippen molar-refractivity contribution in [3.63, 3.8) is 0 Å². The molecule has 0 bridgehead atoms. The molecule has 0 unspecified atom stereocenters. The zero-order valence-electron chi connectivity index (χ0n) is 16.5. The molecule has 1 N–H and O–H groups in total. The van der Waals surface area contributed by atoms with Crippen molar-refractivity contribution < 1.29 is 12.8 Å². The molecule has 0 heterocycles. The van der Waals surface area contributed by atoms with Crippen molar-refractivity contribution in [2.45, 2.75) is 38.1 Å². The lowest BCUT2D eigenvalue weighted by Crippen LogP contribution is -2.23. The third-order valence-corrected chi connectivity index (χ3v) is 5.88. The number of benzene rings is 3. The molecule has 0 radical (unpaired) electrons. The molecule has 0 atom stereocenters. The summed E-state index contributed by atoms with van der Waals surface area (Å²) in [6.45, 7) is 3.88. The summed E-state index contributed by atoms with van der Waals surface area (Å²) >= 11 is 5.71. The fourth-order valence-electron chi connectivity index (χ4n) is 2.56. The van der Waals surface area contributed by atoms with Crippen molar-refractivity contribution in [1.82, 2.24) is 4.72 Å². The maximum atomic E-state index is 13.4. The SMILES string of the molecule is CCCc1ccccc1.Cc1ccc(CNS(=O)(=O)c2ccc(Cl)cc2)cc1F. The van der Waals surface area contributed by atoms with Crippen LogP contribution in [-0.4, -0.2) is 8.42 Å². The van der Waals surface area contributed by atoms with Gasteiger partial charge in [0.1, 0.15) is 5.82 Å². The van der Waals surface area contributed by atoms with Gasteiger partial charge in [0.05, 0.1) is 4.90 Å². The highest BCUT2D eigenvalue weighted by Gasteiger charge is 2.13. The monoisotopic (exact) mass is 433 g/mol. The Balaban J connectivity index is 0.000000278. The number of hydrogen-bond acceptors (Lipinski definition) is 2. The average Bonchev–Trinajstić information content (AvgIpc) is 2.71. The highest BCUT2D eigenvalue weighted by atomic mass is 35.5. The third kappa shape index (κ3) is 7.61. The Labute approximate surface area is 177 Å². The molecule has 0 amide bonds. The van der Waals surface area contributed by atoms with Gasteiger partial charge in [0.15, 0.2) is 0 Å². The zero-order chi connectivity index (χ0) is 21.3. The quantitative estimate of drug-likeness (QED) is 0.525. The molecule has 0 saturated carbocycles. The van der Waals surface area contributed by atoms with Crippen LogP contribution in [0.4, 0.5) is 4.39 Å². The lowest BCUT2D eigenvalue weighted by Gasteiger charge is -2.07. The van der Waals surface area contributed by atoms with Crippen LogP contribution < -0.4 is 4.72 Å². The predicted octanol–water partition coefficient (Wildman–Crippen LogP) is 5.91. The fourth-order valence-corrected chi connectivity index (χ4v) is 3.70. The van der Waals surface area contributed by atoms with Crippen LogP contribution in [0, 0.1) is 12.7 Å². The molecule has 29 heavy (non-hydrogen) atoms. The number of hydrogen-bond donors (Lipinski definition) is 1. The second-order valence-electron chi connectivity index (χ2n) is 6.60. The first kappa shape index (κ1) is 23.1. The minimum atomic E-state index is -3.63. The minimum Gasteiger partial charge on any atom is -0.207 e. The summed E-state index contributed by atoms with van der Waals surface area (Å²) in [7, 11) is -3.63. The van der Waals surface area contributed by atoms with Crippen molar-refractivity contribution in [1.29, 1.82) is 0 Å². The lowest BCUT2D eigenvalue weighted by molar-refractivity contribution is 0.580. The van der Waals surface area contributed by atoms with Crippen LogP contribution in [-0.2, 0) is 23.0 Å². The van der Waals surface area contributed by atoms with Crippen LogP contribution in [0.15, 0.2) is 77.7 Å². The summed E-state index contributed by atoms with van der Waals surface area (Å²) in [5, 5.41) is 0.463. The molecule has 0 aromatic heterocycles. The van der Waals surface area contributed by atoms with Gasteiger partial charge in [0, 0.05) is 11.6 Å². The lowest BCUT2D eigenvalue weighted by atomic mass is 10.1. The summed E-state index contributed by atoms with van der Waals surface area (Å²) < 4.78 is 39.8. The molecule has 0 saturated heterocycles. The van der Waals surface area contributed by atoms with Crippen LogP contribution in [0.3, 0.4) is 0 Å². The van der Waals surface area contributed by atoms with Gasteiger partial charge in [-0.15, -0.1) is 0 Å². The second-order valence-corrected chi connectivity index (χ2v) is 8.80. The van der Waals surface area contributed by atoms with Crippen LogP contribution in [0.5, 0.6) is 0 Å². The molecule has 0 aliphatic carbocycles. The van der Waals surface area contributed by atoms with Crippen molar-refractivity contribution in [3.05, 3.63) is 100 Å². The Kier molecular flexibility index (Phi) is 8.83. The molecule has 0 aliphatic rings. The standard InChI is InChI=1S/C14H13ClFNO2S.C9H12/c1-10-2-3-11(8-14(10)16)9-17-20(18,19)13-6-4-12(15)5-7-13;1-2-6-9-7-4-3-5-8-9/h2-8,17H,9H2,1H3;3-5,7-8H,2,6H2,1H3. The van der Waals surface area contributed by atoms with Gasteiger partial charge >= 0.3 is 0 Å². The summed E-state index contributed by atoms with van der Waals surface area (Å²) in [6.07, 6.45) is 2.45. The molecule has 0 aliphatic heterocycles. The van der Waals surface area contributed by atoms with Crippen LogP contribution in [0.2, 0.25) is 5.02 Å². The highest BCUT2D eigenvalue weighted by Crippen LogP contribution is 2.15. The predicted molar refractivity (Wildman–Crippen MR) is 117 cm³/mol. The zero-order valence-corrected chi connectivity index (χ0v) is 18.1. The number of sulfonamides is 1. The average molecular weight is 434 g/mol. The van der Waals surface area contributed by atoms with E-state index in [4.69, 9.17) is 11.6 Å². The van der Waals surface area contributed by atoms with E-state index in [1.807, 2.05) is 0 Å². The molecule has 0 spiro atoms. The number of rotatable bonds is 6. The van der Waals surface area contributed by atoms with E-state index in [9.17, 15) is 12.8 Å². The summed E-state index contributed by atoms with van der Waals surface area (Å²) in [6, 6.07) is 21.0. The maximum Gasteiger partial charge on any atom is 0.240 e. The third-order valence-electron chi connectivity index (χ3n) is 4.21. The molecule has 3 aromatic carbocycles. The molecule has 0 fully saturated rings. The topological polar surface area (TPSA) is 46.2 Å². The number of aryl methyl sites for hydroxylation is 2. The Morgan fingerprint density at radius 2 is 1.59 bits per heavy atom. The summed E-state index contributed by atoms with van der Waals surface area (Å²) in [5.74, 6) is -0.354. The minimum absolute atomic E-state index is 0.0299. The molecule has 3 nitrogen and oxygen atoms in total. The maximum absolute atomic E-state index is 13.4. The van der Waals surface area contributed by atoms with Crippen molar-refractivity contribution in [2.24, 2.45) is 0 Å². The van der Waals surface area contributed by atoms with E-state index >= 15 is 0 Å². The fraction of sp³-hybridized carbons (Fsp3) is 0.217. The first-order chi connectivity index (χ1) is 13.8. The Bertz CT molecular complexity index is 1010. The molecular weight excluding hydrogens is 409 g/mol. The first-order valence-electron chi connectivity index (χ1n) is 9.36. The molecular formula is C23H25ClFNO2S. The molecule has 3 aromatic rings.